The van der Waals surface area contributed by atoms with Crippen molar-refractivity contribution in [2.75, 3.05) is 16.4 Å². The first-order valence-electron chi connectivity index (χ1n) is 9.38. The molecule has 0 aromatic heterocycles. The van der Waals surface area contributed by atoms with Crippen LogP contribution in [-0.4, -0.2) is 17.6 Å². The molecule has 0 heterocycles. The van der Waals surface area contributed by atoms with E-state index in [0.29, 0.717) is 11.4 Å². The van der Waals surface area contributed by atoms with Gasteiger partial charge in [0.05, 0.1) is 5.75 Å². The number of hydrogen-bond donors (Lipinski definition) is 2. The number of thioether (sulfide) groups is 1. The molecule has 2 amide bonds. The van der Waals surface area contributed by atoms with E-state index in [1.165, 1.54) is 24.0 Å². The van der Waals surface area contributed by atoms with Crippen molar-refractivity contribution in [3.05, 3.63) is 53.1 Å². The van der Waals surface area contributed by atoms with Gasteiger partial charge < -0.3 is 10.6 Å². The highest BCUT2D eigenvalue weighted by Crippen LogP contribution is 2.28. The highest BCUT2D eigenvalue weighted by Gasteiger charge is 2.13. The van der Waals surface area contributed by atoms with Gasteiger partial charge in [-0.15, -0.1) is 11.8 Å². The molecule has 0 bridgehead atoms. The number of amides is 2. The van der Waals surface area contributed by atoms with E-state index in [-0.39, 0.29) is 17.7 Å². The predicted octanol–water partition coefficient (Wildman–Crippen LogP) is 4.81. The van der Waals surface area contributed by atoms with Crippen molar-refractivity contribution in [2.45, 2.75) is 44.9 Å². The van der Waals surface area contributed by atoms with Crippen molar-refractivity contribution in [1.29, 1.82) is 0 Å². The maximum absolute atomic E-state index is 12.4. The minimum Gasteiger partial charge on any atom is -0.326 e. The summed E-state index contributed by atoms with van der Waals surface area (Å²) in [6, 6.07) is 12.1. The van der Waals surface area contributed by atoms with E-state index in [1.807, 2.05) is 39.0 Å². The third-order valence-electron chi connectivity index (χ3n) is 4.74. The van der Waals surface area contributed by atoms with Gasteiger partial charge in [0.15, 0.2) is 0 Å². The Bertz CT molecular complexity index is 861. The van der Waals surface area contributed by atoms with Gasteiger partial charge in [0.2, 0.25) is 11.8 Å². The second-order valence-electron chi connectivity index (χ2n) is 7.29. The second-order valence-corrected chi connectivity index (χ2v) is 8.34. The molecule has 3 rings (SSSR count). The van der Waals surface area contributed by atoms with Gasteiger partial charge in [-0.25, -0.2) is 0 Å². The highest BCUT2D eigenvalue weighted by molar-refractivity contribution is 8.00. The molecule has 27 heavy (non-hydrogen) atoms. The Morgan fingerprint density at radius 2 is 1.81 bits per heavy atom. The summed E-state index contributed by atoms with van der Waals surface area (Å²) in [5.41, 5.74) is 5.26. The molecule has 2 N–H and O–H groups in total. The first kappa shape index (κ1) is 19.5. The van der Waals surface area contributed by atoms with E-state index in [1.54, 1.807) is 11.8 Å². The molecular formula is C22H26N2O2S. The summed E-state index contributed by atoms with van der Waals surface area (Å²) in [5, 5.41) is 5.83. The lowest BCUT2D eigenvalue weighted by atomic mass is 10.1. The summed E-state index contributed by atoms with van der Waals surface area (Å²) in [7, 11) is 0. The summed E-state index contributed by atoms with van der Waals surface area (Å²) in [6.45, 7) is 5.64. The zero-order valence-corrected chi connectivity index (χ0v) is 16.9. The van der Waals surface area contributed by atoms with E-state index in [9.17, 15) is 9.59 Å². The molecule has 0 fully saturated rings. The Kier molecular flexibility index (Phi) is 6.22. The number of carbonyl (C=O) groups excluding carboxylic acids is 2. The van der Waals surface area contributed by atoms with Gasteiger partial charge in [-0.1, -0.05) is 26.0 Å². The lowest BCUT2D eigenvalue weighted by Crippen LogP contribution is -2.18. The smallest absolute Gasteiger partial charge is 0.234 e. The van der Waals surface area contributed by atoms with Gasteiger partial charge in [-0.2, -0.15) is 0 Å². The van der Waals surface area contributed by atoms with Crippen LogP contribution in [0, 0.1) is 12.8 Å². The topological polar surface area (TPSA) is 58.2 Å². The SMILES string of the molecule is Cc1ccc(NC(=O)C(C)C)cc1NC(=O)CSc1ccc2c(c1)CCC2. The standard InChI is InChI=1S/C22H26N2O2S/c1-14(2)22(26)23-18-9-7-15(3)20(12-18)24-21(25)13-27-19-10-8-16-5-4-6-17(16)11-19/h7-12,14H,4-6,13H2,1-3H3,(H,23,26)(H,24,25). The van der Waals surface area contributed by atoms with Gasteiger partial charge in [-0.05, 0) is 67.1 Å². The summed E-state index contributed by atoms with van der Waals surface area (Å²) < 4.78 is 0. The maximum Gasteiger partial charge on any atom is 0.234 e. The Morgan fingerprint density at radius 1 is 1.04 bits per heavy atom. The fraction of sp³-hybridized carbons (Fsp3) is 0.364. The van der Waals surface area contributed by atoms with Crippen LogP contribution in [0.15, 0.2) is 41.3 Å². The Hall–Kier alpha value is -2.27. The monoisotopic (exact) mass is 382 g/mol. The fourth-order valence-corrected chi connectivity index (χ4v) is 3.85. The average molecular weight is 383 g/mol. The summed E-state index contributed by atoms with van der Waals surface area (Å²) >= 11 is 1.56. The predicted molar refractivity (Wildman–Crippen MR) is 112 cm³/mol. The zero-order valence-electron chi connectivity index (χ0n) is 16.1. The number of aryl methyl sites for hydroxylation is 3. The van der Waals surface area contributed by atoms with Crippen molar-refractivity contribution >= 4 is 35.0 Å². The number of nitrogens with one attached hydrogen (secondary N) is 2. The Morgan fingerprint density at radius 3 is 2.59 bits per heavy atom. The zero-order chi connectivity index (χ0) is 19.4. The fourth-order valence-electron chi connectivity index (χ4n) is 3.09. The highest BCUT2D eigenvalue weighted by atomic mass is 32.2. The minimum absolute atomic E-state index is 0.0386. The van der Waals surface area contributed by atoms with Gasteiger partial charge in [-0.3, -0.25) is 9.59 Å². The van der Waals surface area contributed by atoms with Crippen LogP contribution in [0.25, 0.3) is 0 Å². The third-order valence-corrected chi connectivity index (χ3v) is 5.74. The van der Waals surface area contributed by atoms with Crippen LogP contribution in [0.4, 0.5) is 11.4 Å². The number of hydrogen-bond acceptors (Lipinski definition) is 3. The van der Waals surface area contributed by atoms with Crippen molar-refractivity contribution in [3.8, 4) is 0 Å². The molecule has 0 spiro atoms. The quantitative estimate of drug-likeness (QED) is 0.705. The molecule has 0 aliphatic heterocycles. The van der Waals surface area contributed by atoms with Crippen molar-refractivity contribution < 1.29 is 9.59 Å². The van der Waals surface area contributed by atoms with Crippen LogP contribution in [0.5, 0.6) is 0 Å². The Balaban J connectivity index is 1.59. The molecule has 0 saturated carbocycles. The molecule has 1 aliphatic rings. The van der Waals surface area contributed by atoms with Crippen LogP contribution >= 0.6 is 11.8 Å². The number of anilines is 2. The van der Waals surface area contributed by atoms with E-state index in [0.717, 1.165) is 22.6 Å². The number of benzene rings is 2. The van der Waals surface area contributed by atoms with Crippen LogP contribution in [0.1, 0.15) is 37.0 Å². The average Bonchev–Trinajstić information content (AvgIpc) is 3.10. The normalized spacial score (nSPS) is 12.7. The van der Waals surface area contributed by atoms with Crippen LogP contribution < -0.4 is 10.6 Å². The number of fused-ring (bicyclic) bond motifs is 1. The molecule has 5 heteroatoms. The largest absolute Gasteiger partial charge is 0.326 e. The van der Waals surface area contributed by atoms with Crippen LogP contribution in [0.2, 0.25) is 0 Å². The summed E-state index contributed by atoms with van der Waals surface area (Å²) in [4.78, 5) is 25.4. The third kappa shape index (κ3) is 5.13. The van der Waals surface area contributed by atoms with Crippen LogP contribution in [0.3, 0.4) is 0 Å². The molecule has 142 valence electrons. The molecule has 0 unspecified atom stereocenters. The minimum atomic E-state index is -0.0898. The molecule has 0 radical (unpaired) electrons. The van der Waals surface area contributed by atoms with E-state index in [4.69, 9.17) is 0 Å². The second kappa shape index (κ2) is 8.61. The van der Waals surface area contributed by atoms with Gasteiger partial charge in [0.25, 0.3) is 0 Å². The first-order chi connectivity index (χ1) is 12.9. The molecule has 0 atom stereocenters. The molecule has 0 saturated heterocycles. The van der Waals surface area contributed by atoms with Crippen molar-refractivity contribution in [2.24, 2.45) is 5.92 Å². The molecular weight excluding hydrogens is 356 g/mol. The molecule has 2 aromatic rings. The van der Waals surface area contributed by atoms with Crippen LogP contribution in [-0.2, 0) is 22.4 Å². The van der Waals surface area contributed by atoms with Crippen molar-refractivity contribution in [1.82, 2.24) is 0 Å². The maximum atomic E-state index is 12.4. The van der Waals surface area contributed by atoms with Gasteiger partial charge in [0, 0.05) is 22.2 Å². The number of carbonyl (C=O) groups is 2. The van der Waals surface area contributed by atoms with E-state index >= 15 is 0 Å². The lowest BCUT2D eigenvalue weighted by molar-refractivity contribution is -0.119. The number of rotatable bonds is 6. The molecule has 4 nitrogen and oxygen atoms in total. The molecule has 1 aliphatic carbocycles. The summed E-state index contributed by atoms with van der Waals surface area (Å²) in [5.74, 6) is 0.188. The van der Waals surface area contributed by atoms with Gasteiger partial charge in [0.1, 0.15) is 0 Å². The summed E-state index contributed by atoms with van der Waals surface area (Å²) in [6.07, 6.45) is 3.54. The van der Waals surface area contributed by atoms with Gasteiger partial charge >= 0.3 is 0 Å². The van der Waals surface area contributed by atoms with Crippen molar-refractivity contribution in [3.63, 3.8) is 0 Å². The Labute approximate surface area is 165 Å². The van der Waals surface area contributed by atoms with E-state index < -0.39 is 0 Å². The lowest BCUT2D eigenvalue weighted by Gasteiger charge is -2.13. The van der Waals surface area contributed by atoms with E-state index in [2.05, 4.69) is 28.8 Å². The first-order valence-corrected chi connectivity index (χ1v) is 10.4. The molecule has 2 aromatic carbocycles.